The second-order valence-corrected chi connectivity index (χ2v) is 5.95. The zero-order chi connectivity index (χ0) is 13.4. The van der Waals surface area contributed by atoms with Crippen LogP contribution in [-0.4, -0.2) is 59.8 Å². The smallest absolute Gasteiger partial charge is 0.262 e. The predicted octanol–water partition coefficient (Wildman–Crippen LogP) is 1.27. The van der Waals surface area contributed by atoms with Crippen molar-refractivity contribution < 1.29 is 9.53 Å². The van der Waals surface area contributed by atoms with Gasteiger partial charge >= 0.3 is 0 Å². The predicted molar refractivity (Wildman–Crippen MR) is 75.9 cm³/mol. The molecule has 0 spiro atoms. The van der Waals surface area contributed by atoms with Crippen LogP contribution in [0.15, 0.2) is 15.6 Å². The van der Waals surface area contributed by atoms with E-state index < -0.39 is 0 Å². The van der Waals surface area contributed by atoms with Crippen molar-refractivity contribution in [1.82, 2.24) is 9.80 Å². The number of rotatable bonds is 2. The van der Waals surface area contributed by atoms with Gasteiger partial charge in [-0.05, 0) is 25.1 Å². The van der Waals surface area contributed by atoms with Crippen LogP contribution in [0.4, 0.5) is 0 Å². The van der Waals surface area contributed by atoms with E-state index in [9.17, 15) is 4.79 Å². The Morgan fingerprint density at radius 2 is 2.37 bits per heavy atom. The molecule has 0 aromatic carbocycles. The number of amidine groups is 1. The number of amides is 1. The number of fused-ring (bicyclic) bond motifs is 1. The fourth-order valence-corrected chi connectivity index (χ4v) is 3.84. The number of nitrogens with zero attached hydrogens (tertiary/aromatic N) is 3. The summed E-state index contributed by atoms with van der Waals surface area (Å²) in [7, 11) is 0. The number of hydrogen-bond acceptors (Lipinski definition) is 5. The molecule has 0 aromatic rings. The van der Waals surface area contributed by atoms with Crippen LogP contribution in [0.1, 0.15) is 20.3 Å². The molecule has 3 heterocycles. The number of aliphatic imine (C=N–C) groups is 1. The summed E-state index contributed by atoms with van der Waals surface area (Å²) in [5, 5.41) is 0.988. The Labute approximate surface area is 117 Å². The van der Waals surface area contributed by atoms with E-state index in [0.717, 1.165) is 35.3 Å². The Bertz CT molecular complexity index is 461. The van der Waals surface area contributed by atoms with E-state index >= 15 is 0 Å². The van der Waals surface area contributed by atoms with E-state index in [1.165, 1.54) is 11.8 Å². The highest BCUT2D eigenvalue weighted by atomic mass is 32.2. The Hall–Kier alpha value is -1.01. The van der Waals surface area contributed by atoms with Crippen LogP contribution >= 0.6 is 11.8 Å². The third-order valence-corrected chi connectivity index (χ3v) is 5.09. The Morgan fingerprint density at radius 3 is 3.11 bits per heavy atom. The van der Waals surface area contributed by atoms with Crippen molar-refractivity contribution in [2.24, 2.45) is 4.99 Å². The van der Waals surface area contributed by atoms with Crippen LogP contribution in [0, 0.1) is 0 Å². The minimum Gasteiger partial charge on any atom is -0.377 e. The largest absolute Gasteiger partial charge is 0.377 e. The number of thioether (sulfide) groups is 1. The summed E-state index contributed by atoms with van der Waals surface area (Å²) in [4.78, 5) is 22.1. The van der Waals surface area contributed by atoms with Crippen molar-refractivity contribution in [1.29, 1.82) is 0 Å². The maximum Gasteiger partial charge on any atom is 0.262 e. The molecule has 0 radical (unpaired) electrons. The van der Waals surface area contributed by atoms with Crippen LogP contribution in [-0.2, 0) is 9.53 Å². The van der Waals surface area contributed by atoms with Crippen LogP contribution in [0.5, 0.6) is 0 Å². The Balaban J connectivity index is 1.80. The van der Waals surface area contributed by atoms with E-state index in [1.807, 2.05) is 11.8 Å². The van der Waals surface area contributed by atoms with Gasteiger partial charge in [0.2, 0.25) is 0 Å². The summed E-state index contributed by atoms with van der Waals surface area (Å²) in [5.41, 5.74) is 1.06. The van der Waals surface area contributed by atoms with Crippen LogP contribution < -0.4 is 0 Å². The number of hydrogen-bond donors (Lipinski definition) is 0. The highest BCUT2D eigenvalue weighted by molar-refractivity contribution is 8.18. The molecule has 5 nitrogen and oxygen atoms in total. The molecule has 3 aliphatic rings. The molecule has 1 saturated heterocycles. The lowest BCUT2D eigenvalue weighted by molar-refractivity contribution is -0.135. The van der Waals surface area contributed by atoms with Gasteiger partial charge in [0.05, 0.1) is 30.7 Å². The fraction of sp³-hybridized carbons (Fsp3) is 0.692. The normalized spacial score (nSPS) is 26.8. The number of morpholine rings is 1. The summed E-state index contributed by atoms with van der Waals surface area (Å²) < 4.78 is 5.47. The first-order valence-corrected chi connectivity index (χ1v) is 7.63. The topological polar surface area (TPSA) is 45.1 Å². The van der Waals surface area contributed by atoms with Crippen LogP contribution in [0.25, 0.3) is 0 Å². The second kappa shape index (κ2) is 5.17. The van der Waals surface area contributed by atoms with Crippen LogP contribution in [0.2, 0.25) is 0 Å². The summed E-state index contributed by atoms with van der Waals surface area (Å²) >= 11 is 1.53. The lowest BCUT2D eigenvalue weighted by Crippen LogP contribution is -2.48. The summed E-state index contributed by atoms with van der Waals surface area (Å²) in [5.74, 6) is 0.148. The van der Waals surface area contributed by atoms with Crippen molar-refractivity contribution >= 4 is 22.8 Å². The first-order valence-electron chi connectivity index (χ1n) is 6.81. The van der Waals surface area contributed by atoms with Gasteiger partial charge in [-0.25, -0.2) is 0 Å². The Kier molecular flexibility index (Phi) is 3.54. The zero-order valence-electron chi connectivity index (χ0n) is 11.4. The van der Waals surface area contributed by atoms with Crippen molar-refractivity contribution in [3.05, 3.63) is 10.6 Å². The average Bonchev–Trinajstić information content (AvgIpc) is 3.01. The summed E-state index contributed by atoms with van der Waals surface area (Å²) in [6.45, 7) is 7.87. The molecule has 6 heteroatoms. The molecule has 0 saturated carbocycles. The highest BCUT2D eigenvalue weighted by Gasteiger charge is 2.37. The molecule has 19 heavy (non-hydrogen) atoms. The molecular weight excluding hydrogens is 262 g/mol. The monoisotopic (exact) mass is 281 g/mol. The molecule has 0 aliphatic carbocycles. The number of allylic oxidation sites excluding steroid dienone is 1. The number of ether oxygens (including phenoxy) is 1. The number of carbonyl (C=O) groups excluding carboxylic acids is 1. The minimum absolute atomic E-state index is 0.148. The zero-order valence-corrected chi connectivity index (χ0v) is 12.2. The highest BCUT2D eigenvalue weighted by Crippen LogP contribution is 2.37. The molecule has 0 N–H and O–H groups in total. The molecule has 1 fully saturated rings. The lowest BCUT2D eigenvalue weighted by Gasteiger charge is -2.35. The van der Waals surface area contributed by atoms with Gasteiger partial charge in [0.1, 0.15) is 0 Å². The van der Waals surface area contributed by atoms with Crippen molar-refractivity contribution in [3.63, 3.8) is 0 Å². The molecule has 0 aromatic heterocycles. The van der Waals surface area contributed by atoms with E-state index in [1.54, 1.807) is 0 Å². The van der Waals surface area contributed by atoms with Gasteiger partial charge in [0, 0.05) is 18.8 Å². The summed E-state index contributed by atoms with van der Waals surface area (Å²) in [6.07, 6.45) is 0.938. The molecule has 104 valence electrons. The number of carbonyl (C=O) groups is 1. The van der Waals surface area contributed by atoms with E-state index in [2.05, 4.69) is 16.8 Å². The minimum atomic E-state index is 0.148. The van der Waals surface area contributed by atoms with Gasteiger partial charge in [-0.3, -0.25) is 9.79 Å². The molecule has 3 rings (SSSR count). The molecule has 0 unspecified atom stereocenters. The van der Waals surface area contributed by atoms with Gasteiger partial charge in [0.25, 0.3) is 5.91 Å². The van der Waals surface area contributed by atoms with Gasteiger partial charge in [0.15, 0.2) is 5.17 Å². The lowest BCUT2D eigenvalue weighted by atomic mass is 10.1. The van der Waals surface area contributed by atoms with Gasteiger partial charge < -0.3 is 14.5 Å². The standard InChI is InChI=1S/C13H19N3O2S/c1-3-10-8-18-7-6-16(10)12(17)11-9(2)15-5-4-14-13(15)19-11/h10H,3-8H2,1-2H3/t10-/m1/s1. The first-order chi connectivity index (χ1) is 9.22. The molecule has 1 amide bonds. The third kappa shape index (κ3) is 2.17. The second-order valence-electron chi connectivity index (χ2n) is 4.97. The summed E-state index contributed by atoms with van der Waals surface area (Å²) in [6, 6.07) is 0.208. The molecule has 3 aliphatic heterocycles. The van der Waals surface area contributed by atoms with Crippen LogP contribution in [0.3, 0.4) is 0 Å². The molecule has 1 atom stereocenters. The molecule has 0 bridgehead atoms. The van der Waals surface area contributed by atoms with Crippen molar-refractivity contribution in [2.75, 3.05) is 32.8 Å². The maximum atomic E-state index is 12.7. The maximum absolute atomic E-state index is 12.7. The SMILES string of the molecule is CC[C@@H]1COCCN1C(=O)C1=C(C)N2CCN=C2S1. The quantitative estimate of drug-likeness (QED) is 0.765. The first kappa shape index (κ1) is 13.0. The molecular formula is C13H19N3O2S. The van der Waals surface area contributed by atoms with Gasteiger partial charge in [-0.2, -0.15) is 0 Å². The van der Waals surface area contributed by atoms with E-state index in [-0.39, 0.29) is 11.9 Å². The fourth-order valence-electron chi connectivity index (χ4n) is 2.70. The van der Waals surface area contributed by atoms with Gasteiger partial charge in [-0.15, -0.1) is 0 Å². The van der Waals surface area contributed by atoms with Gasteiger partial charge in [-0.1, -0.05) is 6.92 Å². The van der Waals surface area contributed by atoms with Crippen molar-refractivity contribution in [2.45, 2.75) is 26.3 Å². The Morgan fingerprint density at radius 1 is 1.53 bits per heavy atom. The van der Waals surface area contributed by atoms with E-state index in [0.29, 0.717) is 19.8 Å². The third-order valence-electron chi connectivity index (χ3n) is 3.88. The average molecular weight is 281 g/mol. The van der Waals surface area contributed by atoms with E-state index in [4.69, 9.17) is 4.74 Å². The van der Waals surface area contributed by atoms with Crippen molar-refractivity contribution in [3.8, 4) is 0 Å².